The number of fused-ring (bicyclic) bond motifs is 18. The standard InChI is InChI=1S/6C20H20N2/c2*1-13-8-7-9-14(2)19(13)22-16(4)15(3)17-12-21-11-6-5-10-18(21)20(17)22;2*1-13-8-7-9-14(2)20(13)22-16(4)15(3)19-17-10-5-6-11-21(17)12-18(19)22;2*1-13-8-7-9-14(2)19(13)22-16(4)15(3)20-18(22)12-17-10-5-6-11-21(17)20/h6*5-12H,1-4H3. The molecule has 0 fully saturated rings. The van der Waals surface area contributed by atoms with Crippen molar-refractivity contribution in [3.8, 4) is 34.1 Å². The van der Waals surface area contributed by atoms with Gasteiger partial charge in [0, 0.05) is 129 Å². The molecule has 132 heavy (non-hydrogen) atoms. The minimum atomic E-state index is 1.25. The first-order valence-electron chi connectivity index (χ1n) is 46.4. The van der Waals surface area contributed by atoms with E-state index >= 15 is 0 Å². The highest BCUT2D eigenvalue weighted by Gasteiger charge is 2.27. The molecule has 0 atom stereocenters. The molecule has 0 aliphatic carbocycles. The highest BCUT2D eigenvalue weighted by molar-refractivity contribution is 6.04. The number of para-hydroxylation sites is 6. The highest BCUT2D eigenvalue weighted by Crippen LogP contribution is 2.43. The third-order valence-corrected chi connectivity index (χ3v) is 28.9. The molecular formula is C120H120N12. The number of aromatic nitrogens is 12. The fourth-order valence-electron chi connectivity index (χ4n) is 21.7. The van der Waals surface area contributed by atoms with E-state index in [1.165, 1.54) is 267 Å². The normalized spacial score (nSPS) is 11.6. The lowest BCUT2D eigenvalue weighted by molar-refractivity contribution is 1.00. The molecule has 0 bridgehead atoms. The number of hydrogen-bond acceptors (Lipinski definition) is 0. The molecule has 660 valence electrons. The number of hydrogen-bond donors (Lipinski definition) is 0. The van der Waals surface area contributed by atoms with Crippen LogP contribution in [0.5, 0.6) is 0 Å². The highest BCUT2D eigenvalue weighted by atomic mass is 15.1. The van der Waals surface area contributed by atoms with Crippen molar-refractivity contribution >= 4 is 98.8 Å². The summed E-state index contributed by atoms with van der Waals surface area (Å²) in [7, 11) is 0. The van der Waals surface area contributed by atoms with Gasteiger partial charge in [-0.25, -0.2) is 0 Å². The van der Waals surface area contributed by atoms with Gasteiger partial charge in [-0.1, -0.05) is 146 Å². The molecule has 0 aliphatic heterocycles. The summed E-state index contributed by atoms with van der Waals surface area (Å²) < 4.78 is 28.0. The van der Waals surface area contributed by atoms with Crippen LogP contribution in [0.15, 0.2) is 292 Å². The van der Waals surface area contributed by atoms with Crippen LogP contribution in [0.25, 0.3) is 133 Å². The summed E-state index contributed by atoms with van der Waals surface area (Å²) in [6.45, 7) is 53.0. The molecule has 0 spiro atoms. The van der Waals surface area contributed by atoms with Crippen LogP contribution in [0.4, 0.5) is 0 Å². The molecule has 0 N–H and O–H groups in total. The van der Waals surface area contributed by atoms with Crippen LogP contribution in [0.2, 0.25) is 0 Å². The largest absolute Gasteiger partial charge is 0.321 e. The monoisotopic (exact) mass is 1730 g/mol. The third-order valence-electron chi connectivity index (χ3n) is 28.9. The predicted octanol–water partition coefficient (Wildman–Crippen LogP) is 30.7. The lowest BCUT2D eigenvalue weighted by Gasteiger charge is -2.15. The van der Waals surface area contributed by atoms with E-state index in [1.54, 1.807) is 0 Å². The molecule has 0 saturated carbocycles. The second-order valence-corrected chi connectivity index (χ2v) is 37.0. The smallest absolute Gasteiger partial charge is 0.0790 e. The maximum atomic E-state index is 2.44. The topological polar surface area (TPSA) is 56.0 Å². The van der Waals surface area contributed by atoms with E-state index in [0.29, 0.717) is 0 Å². The van der Waals surface area contributed by atoms with Crippen molar-refractivity contribution in [2.24, 2.45) is 0 Å². The van der Waals surface area contributed by atoms with Crippen LogP contribution in [0.3, 0.4) is 0 Å². The van der Waals surface area contributed by atoms with Crippen LogP contribution >= 0.6 is 0 Å². The Labute approximate surface area is 774 Å². The van der Waals surface area contributed by atoms with E-state index in [1.807, 2.05) is 0 Å². The number of pyridine rings is 6. The van der Waals surface area contributed by atoms with Gasteiger partial charge in [0.1, 0.15) is 0 Å². The summed E-state index contributed by atoms with van der Waals surface area (Å²) in [6.07, 6.45) is 21.8. The van der Waals surface area contributed by atoms with Gasteiger partial charge in [-0.3, -0.25) is 0 Å². The molecule has 0 amide bonds. The summed E-state index contributed by atoms with van der Waals surface area (Å²) in [5, 5.41) is 5.40. The fraction of sp³-hybridized carbons (Fsp3) is 0.200. The van der Waals surface area contributed by atoms with Crippen LogP contribution < -0.4 is 0 Å². The predicted molar refractivity (Wildman–Crippen MR) is 559 cm³/mol. The molecule has 0 radical (unpaired) electrons. The van der Waals surface area contributed by atoms with E-state index in [2.05, 4.69) is 512 Å². The summed E-state index contributed by atoms with van der Waals surface area (Å²) in [4.78, 5) is 0. The molecule has 24 rings (SSSR count). The maximum absolute atomic E-state index is 2.44. The molecular weight excluding hydrogens is 1610 g/mol. The van der Waals surface area contributed by atoms with Crippen molar-refractivity contribution in [3.05, 3.63) is 427 Å². The molecule has 18 aromatic heterocycles. The van der Waals surface area contributed by atoms with Crippen LogP contribution in [-0.2, 0) is 0 Å². The quantitative estimate of drug-likeness (QED) is 0.159. The van der Waals surface area contributed by atoms with E-state index in [4.69, 9.17) is 0 Å². The Morgan fingerprint density at radius 2 is 0.394 bits per heavy atom. The zero-order chi connectivity index (χ0) is 92.6. The minimum absolute atomic E-state index is 1.25. The molecule has 0 aliphatic rings. The maximum Gasteiger partial charge on any atom is 0.0790 e. The van der Waals surface area contributed by atoms with Crippen molar-refractivity contribution in [1.82, 2.24) is 53.8 Å². The minimum Gasteiger partial charge on any atom is -0.321 e. The van der Waals surface area contributed by atoms with Crippen LogP contribution in [0.1, 0.15) is 134 Å². The van der Waals surface area contributed by atoms with E-state index in [9.17, 15) is 0 Å². The lowest BCUT2D eigenvalue weighted by atomic mass is 10.1. The first kappa shape index (κ1) is 86.5. The summed E-state index contributed by atoms with van der Waals surface area (Å²) in [6, 6.07) is 82.0. The van der Waals surface area contributed by atoms with Gasteiger partial charge in [0.15, 0.2) is 0 Å². The van der Waals surface area contributed by atoms with Crippen molar-refractivity contribution in [3.63, 3.8) is 0 Å². The summed E-state index contributed by atoms with van der Waals surface area (Å²) in [5.74, 6) is 0. The van der Waals surface area contributed by atoms with Gasteiger partial charge >= 0.3 is 0 Å². The van der Waals surface area contributed by atoms with E-state index in [0.717, 1.165) is 0 Å². The number of rotatable bonds is 6. The van der Waals surface area contributed by atoms with Gasteiger partial charge < -0.3 is 53.8 Å². The Kier molecular flexibility index (Phi) is 22.2. The summed E-state index contributed by atoms with van der Waals surface area (Å²) >= 11 is 0. The molecule has 24 aromatic rings. The van der Waals surface area contributed by atoms with Crippen molar-refractivity contribution in [2.45, 2.75) is 166 Å². The second kappa shape index (κ2) is 33.9. The van der Waals surface area contributed by atoms with E-state index in [-0.39, 0.29) is 0 Å². The Morgan fingerprint density at radius 3 is 0.682 bits per heavy atom. The zero-order valence-corrected chi connectivity index (χ0v) is 81.1. The van der Waals surface area contributed by atoms with E-state index < -0.39 is 0 Å². The van der Waals surface area contributed by atoms with Gasteiger partial charge in [-0.15, -0.1) is 0 Å². The molecule has 0 unspecified atom stereocenters. The van der Waals surface area contributed by atoms with Crippen LogP contribution in [0, 0.1) is 166 Å². The molecule has 12 heteroatoms. The number of nitrogens with zero attached hydrogens (tertiary/aromatic N) is 12. The molecule has 18 heterocycles. The van der Waals surface area contributed by atoms with Gasteiger partial charge in [-0.2, -0.15) is 0 Å². The molecule has 12 nitrogen and oxygen atoms in total. The van der Waals surface area contributed by atoms with Gasteiger partial charge in [0.25, 0.3) is 0 Å². The SMILES string of the molecule is Cc1cccc(C)c1-n1c(C)c(C)c2c1cc1ccccn12.Cc1cccc(C)c1-n1c(C)c(C)c2c1cc1ccccn12.Cc1cccc(C)c1-n1c(C)c(C)c2c1cn1ccccc21.Cc1cccc(C)c1-n1c(C)c(C)c2c1cn1ccccc21.Cc1cccc(C)c1-n1c(C)c(C)c2cn3ccccc3c21.Cc1cccc(C)c1-n1c(C)c(C)c2cn3ccccc3c21. The summed E-state index contributed by atoms with van der Waals surface area (Å²) in [5.41, 5.74) is 57.8. The average molecular weight is 1730 g/mol. The first-order chi connectivity index (χ1) is 63.6. The first-order valence-corrected chi connectivity index (χ1v) is 46.4. The Morgan fingerprint density at radius 1 is 0.167 bits per heavy atom. The molecule has 0 saturated heterocycles. The van der Waals surface area contributed by atoms with Crippen LogP contribution in [-0.4, -0.2) is 53.8 Å². The van der Waals surface area contributed by atoms with Crippen molar-refractivity contribution in [1.29, 1.82) is 0 Å². The van der Waals surface area contributed by atoms with Gasteiger partial charge in [-0.05, 0) is 351 Å². The van der Waals surface area contributed by atoms with Gasteiger partial charge in [0.2, 0.25) is 0 Å². The lowest BCUT2D eigenvalue weighted by Crippen LogP contribution is -2.02. The van der Waals surface area contributed by atoms with Crippen molar-refractivity contribution in [2.75, 3.05) is 0 Å². The number of benzene rings is 6. The Bertz CT molecular complexity index is 7720. The fourth-order valence-corrected chi connectivity index (χ4v) is 21.7. The second-order valence-electron chi connectivity index (χ2n) is 37.0. The van der Waals surface area contributed by atoms with Crippen molar-refractivity contribution < 1.29 is 0 Å². The van der Waals surface area contributed by atoms with Gasteiger partial charge in [0.05, 0.1) is 100 Å². The third kappa shape index (κ3) is 14.0. The number of aryl methyl sites for hydroxylation is 18. The Hall–Kier alpha value is -14.9. The zero-order valence-electron chi connectivity index (χ0n) is 81.1. The average Bonchev–Trinajstić information content (AvgIpc) is 1.61. The molecule has 6 aromatic carbocycles. The Balaban J connectivity index is 0.000000102.